The highest BCUT2D eigenvalue weighted by molar-refractivity contribution is 5.21. The number of nitrogens with zero attached hydrogens (tertiary/aromatic N) is 2. The third kappa shape index (κ3) is 2.96. The van der Waals surface area contributed by atoms with Gasteiger partial charge in [-0.3, -0.25) is 0 Å². The average Bonchev–Trinajstić information content (AvgIpc) is 2.76. The zero-order valence-electron chi connectivity index (χ0n) is 10.7. The summed E-state index contributed by atoms with van der Waals surface area (Å²) < 4.78 is 14.9. The molecule has 0 saturated heterocycles. The van der Waals surface area contributed by atoms with Crippen LogP contribution in [0.3, 0.4) is 0 Å². The van der Waals surface area contributed by atoms with Gasteiger partial charge in [-0.15, -0.1) is 0 Å². The monoisotopic (exact) mass is 247 g/mol. The number of aryl methyl sites for hydroxylation is 1. The van der Waals surface area contributed by atoms with Crippen molar-refractivity contribution in [3.8, 4) is 0 Å². The van der Waals surface area contributed by atoms with Gasteiger partial charge in [-0.2, -0.15) is 0 Å². The maximum absolute atomic E-state index is 12.9. The summed E-state index contributed by atoms with van der Waals surface area (Å²) in [5.41, 5.74) is 1.08. The smallest absolute Gasteiger partial charge is 0.123 e. The molecule has 1 atom stereocenters. The van der Waals surface area contributed by atoms with Crippen LogP contribution in [0, 0.1) is 5.82 Å². The van der Waals surface area contributed by atoms with Crippen molar-refractivity contribution in [2.45, 2.75) is 19.4 Å². The Balaban J connectivity index is 2.18. The fourth-order valence-electron chi connectivity index (χ4n) is 2.03. The lowest BCUT2D eigenvalue weighted by Crippen LogP contribution is -2.24. The van der Waals surface area contributed by atoms with Crippen molar-refractivity contribution in [1.29, 1.82) is 0 Å². The van der Waals surface area contributed by atoms with Crippen LogP contribution in [0.2, 0.25) is 0 Å². The summed E-state index contributed by atoms with van der Waals surface area (Å²) in [5, 5.41) is 3.41. The van der Waals surface area contributed by atoms with Crippen molar-refractivity contribution in [3.05, 3.63) is 53.9 Å². The molecule has 1 heterocycles. The first-order chi connectivity index (χ1) is 8.70. The first-order valence-corrected chi connectivity index (χ1v) is 6.15. The first-order valence-electron chi connectivity index (χ1n) is 6.15. The maximum atomic E-state index is 12.9. The van der Waals surface area contributed by atoms with Crippen LogP contribution in [0.15, 0.2) is 36.7 Å². The van der Waals surface area contributed by atoms with Crippen LogP contribution in [0.4, 0.5) is 4.39 Å². The van der Waals surface area contributed by atoms with E-state index in [2.05, 4.69) is 17.2 Å². The third-order valence-electron chi connectivity index (χ3n) is 3.03. The normalized spacial score (nSPS) is 12.6. The molecule has 3 nitrogen and oxygen atoms in total. The molecular weight excluding hydrogens is 229 g/mol. The lowest BCUT2D eigenvalue weighted by molar-refractivity contribution is 0.527. The van der Waals surface area contributed by atoms with Crippen LogP contribution in [0.1, 0.15) is 24.4 Å². The Morgan fingerprint density at radius 2 is 2.06 bits per heavy atom. The van der Waals surface area contributed by atoms with Crippen LogP contribution in [0.25, 0.3) is 0 Å². The Morgan fingerprint density at radius 3 is 2.61 bits per heavy atom. The van der Waals surface area contributed by atoms with Gasteiger partial charge in [-0.1, -0.05) is 19.1 Å². The van der Waals surface area contributed by atoms with Gasteiger partial charge in [0, 0.05) is 31.9 Å². The molecule has 96 valence electrons. The summed E-state index contributed by atoms with van der Waals surface area (Å²) in [6, 6.07) is 6.81. The SMILES string of the molecule is CCNC(Cc1nccn1C)c1ccc(F)cc1. The summed E-state index contributed by atoms with van der Waals surface area (Å²) in [6.45, 7) is 2.93. The van der Waals surface area contributed by atoms with E-state index in [4.69, 9.17) is 0 Å². The standard InChI is InChI=1S/C14H18FN3/c1-3-16-13(10-14-17-8-9-18(14)2)11-4-6-12(15)7-5-11/h4-9,13,16H,3,10H2,1-2H3. The van der Waals surface area contributed by atoms with Crippen LogP contribution in [0.5, 0.6) is 0 Å². The highest BCUT2D eigenvalue weighted by Crippen LogP contribution is 2.17. The molecule has 18 heavy (non-hydrogen) atoms. The minimum absolute atomic E-state index is 0.164. The van der Waals surface area contributed by atoms with Gasteiger partial charge in [0.1, 0.15) is 11.6 Å². The number of rotatable bonds is 5. The number of hydrogen-bond donors (Lipinski definition) is 1. The summed E-state index contributed by atoms with van der Waals surface area (Å²) in [6.07, 6.45) is 4.52. The molecule has 2 rings (SSSR count). The Bertz CT molecular complexity index is 490. The molecule has 0 aliphatic carbocycles. The minimum atomic E-state index is -0.203. The van der Waals surface area contributed by atoms with E-state index in [9.17, 15) is 4.39 Å². The first kappa shape index (κ1) is 12.8. The van der Waals surface area contributed by atoms with Gasteiger partial charge in [-0.25, -0.2) is 9.37 Å². The van der Waals surface area contributed by atoms with E-state index < -0.39 is 0 Å². The van der Waals surface area contributed by atoms with E-state index in [0.29, 0.717) is 0 Å². The molecule has 0 radical (unpaired) electrons. The van der Waals surface area contributed by atoms with Crippen molar-refractivity contribution >= 4 is 0 Å². The molecule has 0 aliphatic heterocycles. The molecule has 1 aromatic heterocycles. The fraction of sp³-hybridized carbons (Fsp3) is 0.357. The van der Waals surface area contributed by atoms with Gasteiger partial charge >= 0.3 is 0 Å². The van der Waals surface area contributed by atoms with Crippen molar-refractivity contribution in [2.75, 3.05) is 6.54 Å². The lowest BCUT2D eigenvalue weighted by atomic mass is 10.0. The molecule has 2 aromatic rings. The van der Waals surface area contributed by atoms with Crippen molar-refractivity contribution < 1.29 is 4.39 Å². The molecule has 1 aromatic carbocycles. The van der Waals surface area contributed by atoms with Crippen molar-refractivity contribution in [1.82, 2.24) is 14.9 Å². The van der Waals surface area contributed by atoms with Gasteiger partial charge in [-0.05, 0) is 24.2 Å². The summed E-state index contributed by atoms with van der Waals surface area (Å²) in [4.78, 5) is 4.33. The second-order valence-electron chi connectivity index (χ2n) is 4.32. The van der Waals surface area contributed by atoms with Crippen molar-refractivity contribution in [3.63, 3.8) is 0 Å². The minimum Gasteiger partial charge on any atom is -0.338 e. The van der Waals surface area contributed by atoms with Gasteiger partial charge in [0.05, 0.1) is 0 Å². The van der Waals surface area contributed by atoms with E-state index in [1.807, 2.05) is 29.9 Å². The van der Waals surface area contributed by atoms with E-state index in [0.717, 1.165) is 24.4 Å². The van der Waals surface area contributed by atoms with Crippen molar-refractivity contribution in [2.24, 2.45) is 7.05 Å². The zero-order chi connectivity index (χ0) is 13.0. The Kier molecular flexibility index (Phi) is 4.10. The van der Waals surface area contributed by atoms with Gasteiger partial charge in [0.25, 0.3) is 0 Å². The summed E-state index contributed by atoms with van der Waals surface area (Å²) >= 11 is 0. The van der Waals surface area contributed by atoms with E-state index in [-0.39, 0.29) is 11.9 Å². The molecular formula is C14H18FN3. The highest BCUT2D eigenvalue weighted by Gasteiger charge is 2.13. The second kappa shape index (κ2) is 5.78. The molecule has 0 aliphatic rings. The van der Waals surface area contributed by atoms with Gasteiger partial charge in [0.2, 0.25) is 0 Å². The van der Waals surface area contributed by atoms with Crippen LogP contribution in [-0.2, 0) is 13.5 Å². The number of likely N-dealkylation sites (N-methyl/N-ethyl adjacent to an activating group) is 1. The van der Waals surface area contributed by atoms with E-state index in [1.165, 1.54) is 12.1 Å². The molecule has 0 spiro atoms. The van der Waals surface area contributed by atoms with Crippen LogP contribution < -0.4 is 5.32 Å². The van der Waals surface area contributed by atoms with Gasteiger partial charge < -0.3 is 9.88 Å². The third-order valence-corrected chi connectivity index (χ3v) is 3.03. The molecule has 4 heteroatoms. The zero-order valence-corrected chi connectivity index (χ0v) is 10.7. The number of halogens is 1. The highest BCUT2D eigenvalue weighted by atomic mass is 19.1. The number of imidazole rings is 1. The molecule has 1 N–H and O–H groups in total. The lowest BCUT2D eigenvalue weighted by Gasteiger charge is -2.18. The van der Waals surface area contributed by atoms with E-state index >= 15 is 0 Å². The Morgan fingerprint density at radius 1 is 1.33 bits per heavy atom. The quantitative estimate of drug-likeness (QED) is 0.879. The number of hydrogen-bond acceptors (Lipinski definition) is 2. The number of aromatic nitrogens is 2. The summed E-state index contributed by atoms with van der Waals surface area (Å²) in [7, 11) is 1.98. The molecule has 0 fully saturated rings. The number of benzene rings is 1. The Hall–Kier alpha value is -1.68. The predicted octanol–water partition coefficient (Wildman–Crippen LogP) is 2.45. The predicted molar refractivity (Wildman–Crippen MR) is 69.7 cm³/mol. The molecule has 1 unspecified atom stereocenters. The average molecular weight is 247 g/mol. The fourth-order valence-corrected chi connectivity index (χ4v) is 2.03. The number of nitrogens with one attached hydrogen (secondary N) is 1. The molecule has 0 saturated carbocycles. The topological polar surface area (TPSA) is 29.9 Å². The second-order valence-corrected chi connectivity index (χ2v) is 4.32. The molecule has 0 amide bonds. The molecule has 0 bridgehead atoms. The largest absolute Gasteiger partial charge is 0.338 e. The van der Waals surface area contributed by atoms with Gasteiger partial charge in [0.15, 0.2) is 0 Å². The summed E-state index contributed by atoms with van der Waals surface area (Å²) in [5.74, 6) is 0.816. The maximum Gasteiger partial charge on any atom is 0.123 e. The van der Waals surface area contributed by atoms with E-state index in [1.54, 1.807) is 6.20 Å². The van der Waals surface area contributed by atoms with Crippen LogP contribution >= 0.6 is 0 Å². The Labute approximate surface area is 107 Å². The van der Waals surface area contributed by atoms with Crippen LogP contribution in [-0.4, -0.2) is 16.1 Å².